The van der Waals surface area contributed by atoms with Gasteiger partial charge in [0, 0.05) is 16.5 Å². The van der Waals surface area contributed by atoms with E-state index >= 15 is 0 Å². The Kier molecular flexibility index (Phi) is 3.19. The quantitative estimate of drug-likeness (QED) is 0.826. The molecule has 0 spiro atoms. The van der Waals surface area contributed by atoms with Gasteiger partial charge in [-0.1, -0.05) is 18.2 Å². The highest BCUT2D eigenvalue weighted by Gasteiger charge is 2.18. The molecular weight excluding hydrogens is 230 g/mol. The molecule has 0 aliphatic rings. The molecule has 2 aromatic rings. The van der Waals surface area contributed by atoms with Crippen LogP contribution in [0.1, 0.15) is 29.8 Å². The first-order valence-corrected chi connectivity index (χ1v) is 5.83. The molecule has 0 aliphatic carbocycles. The Bertz CT molecular complexity index is 656. The summed E-state index contributed by atoms with van der Waals surface area (Å²) in [5.41, 5.74) is 1.12. The van der Waals surface area contributed by atoms with Gasteiger partial charge >= 0.3 is 5.97 Å². The molecule has 0 fully saturated rings. The molecule has 0 bridgehead atoms. The number of hydrogen-bond donors (Lipinski definition) is 1. The maximum atomic E-state index is 12.1. The highest BCUT2D eigenvalue weighted by molar-refractivity contribution is 6.04. The van der Waals surface area contributed by atoms with Crippen molar-refractivity contribution in [1.82, 2.24) is 4.98 Å². The molecule has 2 rings (SSSR count). The number of nitrogens with one attached hydrogen (secondary N) is 1. The van der Waals surface area contributed by atoms with Crippen LogP contribution in [0.25, 0.3) is 10.9 Å². The van der Waals surface area contributed by atoms with Crippen LogP contribution >= 0.6 is 0 Å². The minimum Gasteiger partial charge on any atom is -0.459 e. The van der Waals surface area contributed by atoms with Crippen LogP contribution < -0.4 is 5.56 Å². The van der Waals surface area contributed by atoms with Crippen molar-refractivity contribution in [2.75, 3.05) is 0 Å². The monoisotopic (exact) mass is 245 g/mol. The van der Waals surface area contributed by atoms with Crippen LogP contribution in [0, 0.1) is 6.92 Å². The highest BCUT2D eigenvalue weighted by atomic mass is 16.5. The van der Waals surface area contributed by atoms with E-state index in [1.54, 1.807) is 32.9 Å². The summed E-state index contributed by atoms with van der Waals surface area (Å²) in [6.07, 6.45) is -0.213. The fourth-order valence-electron chi connectivity index (χ4n) is 1.88. The van der Waals surface area contributed by atoms with Gasteiger partial charge in [0.25, 0.3) is 5.56 Å². The van der Waals surface area contributed by atoms with E-state index in [1.807, 2.05) is 12.1 Å². The third-order valence-corrected chi connectivity index (χ3v) is 2.71. The lowest BCUT2D eigenvalue weighted by Gasteiger charge is -2.11. The molecule has 0 saturated carbocycles. The molecule has 0 amide bonds. The standard InChI is InChI=1S/C14H15NO3/c1-8(2)18-14(17)12-9(3)13(16)15-11-7-5-4-6-10(11)12/h4-8H,1-3H3,(H,15,16). The Morgan fingerprint density at radius 2 is 1.94 bits per heavy atom. The molecular formula is C14H15NO3. The van der Waals surface area contributed by atoms with Gasteiger partial charge in [-0.2, -0.15) is 0 Å². The Hall–Kier alpha value is -2.10. The lowest BCUT2D eigenvalue weighted by molar-refractivity contribution is 0.0379. The van der Waals surface area contributed by atoms with Crippen molar-refractivity contribution in [3.63, 3.8) is 0 Å². The van der Waals surface area contributed by atoms with Crippen molar-refractivity contribution in [3.8, 4) is 0 Å². The first-order valence-electron chi connectivity index (χ1n) is 5.83. The number of pyridine rings is 1. The van der Waals surface area contributed by atoms with Gasteiger partial charge in [-0.05, 0) is 26.8 Å². The number of aromatic amines is 1. The van der Waals surface area contributed by atoms with E-state index in [0.29, 0.717) is 22.0 Å². The molecule has 0 aliphatic heterocycles. The normalized spacial score (nSPS) is 10.9. The molecule has 4 heteroatoms. The number of fused-ring (bicyclic) bond motifs is 1. The maximum absolute atomic E-state index is 12.1. The van der Waals surface area contributed by atoms with Gasteiger partial charge in [-0.15, -0.1) is 0 Å². The lowest BCUT2D eigenvalue weighted by Crippen LogP contribution is -2.19. The molecule has 4 nitrogen and oxygen atoms in total. The Morgan fingerprint density at radius 3 is 2.61 bits per heavy atom. The van der Waals surface area contributed by atoms with Crippen LogP contribution in [-0.4, -0.2) is 17.1 Å². The van der Waals surface area contributed by atoms with E-state index in [2.05, 4.69) is 4.98 Å². The molecule has 94 valence electrons. The number of esters is 1. The molecule has 1 N–H and O–H groups in total. The van der Waals surface area contributed by atoms with Crippen molar-refractivity contribution < 1.29 is 9.53 Å². The molecule has 18 heavy (non-hydrogen) atoms. The number of aromatic nitrogens is 1. The fraction of sp³-hybridized carbons (Fsp3) is 0.286. The number of ether oxygens (including phenoxy) is 1. The van der Waals surface area contributed by atoms with Crippen LogP contribution in [0.15, 0.2) is 29.1 Å². The summed E-state index contributed by atoms with van der Waals surface area (Å²) >= 11 is 0. The number of carbonyl (C=O) groups is 1. The van der Waals surface area contributed by atoms with E-state index in [0.717, 1.165) is 0 Å². The lowest BCUT2D eigenvalue weighted by atomic mass is 10.0. The molecule has 0 atom stereocenters. The predicted octanol–water partition coefficient (Wildman–Crippen LogP) is 2.40. The van der Waals surface area contributed by atoms with Gasteiger partial charge < -0.3 is 9.72 Å². The average molecular weight is 245 g/mol. The fourth-order valence-corrected chi connectivity index (χ4v) is 1.88. The number of para-hydroxylation sites is 1. The third kappa shape index (κ3) is 2.14. The summed E-state index contributed by atoms with van der Waals surface area (Å²) in [6, 6.07) is 7.20. The molecule has 0 unspecified atom stereocenters. The van der Waals surface area contributed by atoms with Crippen LogP contribution in [0.2, 0.25) is 0 Å². The molecule has 1 heterocycles. The third-order valence-electron chi connectivity index (χ3n) is 2.71. The first-order chi connectivity index (χ1) is 8.50. The number of carbonyl (C=O) groups excluding carboxylic acids is 1. The van der Waals surface area contributed by atoms with Gasteiger partial charge in [0.15, 0.2) is 0 Å². The Labute approximate surface area is 105 Å². The average Bonchev–Trinajstić information content (AvgIpc) is 2.29. The number of benzene rings is 1. The number of rotatable bonds is 2. The first kappa shape index (κ1) is 12.4. The van der Waals surface area contributed by atoms with E-state index in [9.17, 15) is 9.59 Å². The smallest absolute Gasteiger partial charge is 0.339 e. The minimum absolute atomic E-state index is 0.213. The maximum Gasteiger partial charge on any atom is 0.339 e. The van der Waals surface area contributed by atoms with Crippen molar-refractivity contribution in [2.24, 2.45) is 0 Å². The van der Waals surface area contributed by atoms with E-state index in [1.165, 1.54) is 0 Å². The van der Waals surface area contributed by atoms with Crippen molar-refractivity contribution >= 4 is 16.9 Å². The van der Waals surface area contributed by atoms with E-state index in [4.69, 9.17) is 4.74 Å². The SMILES string of the molecule is Cc1c(C(=O)OC(C)C)c2ccccc2[nH]c1=O. The number of hydrogen-bond acceptors (Lipinski definition) is 3. The topological polar surface area (TPSA) is 59.2 Å². The number of H-pyrrole nitrogens is 1. The minimum atomic E-state index is -0.454. The van der Waals surface area contributed by atoms with E-state index < -0.39 is 5.97 Å². The Morgan fingerprint density at radius 1 is 1.28 bits per heavy atom. The summed E-state index contributed by atoms with van der Waals surface area (Å²) in [7, 11) is 0. The van der Waals surface area contributed by atoms with Crippen LogP contribution in [0.3, 0.4) is 0 Å². The van der Waals surface area contributed by atoms with Gasteiger partial charge in [0.2, 0.25) is 0 Å². The van der Waals surface area contributed by atoms with Crippen molar-refractivity contribution in [1.29, 1.82) is 0 Å². The van der Waals surface area contributed by atoms with Gasteiger partial charge in [-0.3, -0.25) is 4.79 Å². The zero-order valence-electron chi connectivity index (χ0n) is 10.6. The second-order valence-corrected chi connectivity index (χ2v) is 4.45. The van der Waals surface area contributed by atoms with Crippen LogP contribution in [0.5, 0.6) is 0 Å². The summed E-state index contributed by atoms with van der Waals surface area (Å²) in [5, 5.41) is 0.709. The summed E-state index contributed by atoms with van der Waals surface area (Å²) in [5.74, 6) is -0.454. The van der Waals surface area contributed by atoms with Crippen molar-refractivity contribution in [2.45, 2.75) is 26.9 Å². The van der Waals surface area contributed by atoms with Gasteiger partial charge in [0.05, 0.1) is 11.7 Å². The van der Waals surface area contributed by atoms with Crippen LogP contribution in [0.4, 0.5) is 0 Å². The second kappa shape index (κ2) is 4.64. The van der Waals surface area contributed by atoms with Crippen LogP contribution in [-0.2, 0) is 4.74 Å². The summed E-state index contributed by atoms with van der Waals surface area (Å²) in [6.45, 7) is 5.19. The molecule has 0 saturated heterocycles. The Balaban J connectivity index is 2.71. The van der Waals surface area contributed by atoms with Gasteiger partial charge in [-0.25, -0.2) is 4.79 Å². The largest absolute Gasteiger partial charge is 0.459 e. The summed E-state index contributed by atoms with van der Waals surface area (Å²) < 4.78 is 5.19. The van der Waals surface area contributed by atoms with Gasteiger partial charge in [0.1, 0.15) is 0 Å². The molecule has 1 aromatic carbocycles. The second-order valence-electron chi connectivity index (χ2n) is 4.45. The summed E-state index contributed by atoms with van der Waals surface area (Å²) in [4.78, 5) is 26.6. The zero-order chi connectivity index (χ0) is 13.3. The predicted molar refractivity (Wildman–Crippen MR) is 69.9 cm³/mol. The molecule has 1 aromatic heterocycles. The molecule has 0 radical (unpaired) electrons. The zero-order valence-corrected chi connectivity index (χ0v) is 10.6. The van der Waals surface area contributed by atoms with E-state index in [-0.39, 0.29) is 11.7 Å². The van der Waals surface area contributed by atoms with Crippen molar-refractivity contribution in [3.05, 3.63) is 45.7 Å². The highest BCUT2D eigenvalue weighted by Crippen LogP contribution is 2.19.